The van der Waals surface area contributed by atoms with Gasteiger partial charge in [0.1, 0.15) is 0 Å². The Balaban J connectivity index is 1.45. The van der Waals surface area contributed by atoms with Crippen LogP contribution in [0, 0.1) is 34.6 Å². The fourth-order valence-corrected chi connectivity index (χ4v) is 4.59. The molecule has 8 heteroatoms. The van der Waals surface area contributed by atoms with Gasteiger partial charge in [-0.15, -0.1) is 0 Å². The molecule has 0 unspecified atom stereocenters. The predicted molar refractivity (Wildman–Crippen MR) is 136 cm³/mol. The Morgan fingerprint density at radius 2 is 1.65 bits per heavy atom. The van der Waals surface area contributed by atoms with E-state index >= 15 is 0 Å². The molecule has 1 aliphatic rings. The van der Waals surface area contributed by atoms with Crippen LogP contribution in [0.1, 0.15) is 40.8 Å². The van der Waals surface area contributed by atoms with E-state index in [0.29, 0.717) is 5.95 Å². The van der Waals surface area contributed by atoms with Gasteiger partial charge in [-0.25, -0.2) is 14.6 Å². The molecule has 2 aromatic heterocycles. The van der Waals surface area contributed by atoms with E-state index < -0.39 is 0 Å². The number of benzene rings is 1. The largest absolute Gasteiger partial charge is 0.369 e. The van der Waals surface area contributed by atoms with E-state index in [1.165, 1.54) is 5.69 Å². The molecule has 1 amide bonds. The number of carbonyl (C=O) groups is 1. The van der Waals surface area contributed by atoms with E-state index in [0.717, 1.165) is 72.3 Å². The molecule has 0 saturated carbocycles. The lowest BCUT2D eigenvalue weighted by Gasteiger charge is -2.35. The lowest BCUT2D eigenvalue weighted by Crippen LogP contribution is -2.46. The third-order valence-electron chi connectivity index (χ3n) is 6.61. The summed E-state index contributed by atoms with van der Waals surface area (Å²) in [5.74, 6) is 0.482. The van der Waals surface area contributed by atoms with Gasteiger partial charge in [0.2, 0.25) is 5.91 Å². The van der Waals surface area contributed by atoms with Gasteiger partial charge in [0.15, 0.2) is 0 Å². The SMILES string of the molecule is CCN1CCN(c2ccc(NC(=O)Cc3c(C)nn(-c4nc(C)cc(C)n4)c3C)c(C)c2)CC1. The van der Waals surface area contributed by atoms with E-state index in [1.807, 2.05) is 46.8 Å². The topological polar surface area (TPSA) is 79.2 Å². The summed E-state index contributed by atoms with van der Waals surface area (Å²) in [5, 5.41) is 7.71. The van der Waals surface area contributed by atoms with Gasteiger partial charge in [0, 0.05) is 60.2 Å². The van der Waals surface area contributed by atoms with Crippen LogP contribution in [0.15, 0.2) is 24.3 Å². The number of rotatable bonds is 6. The van der Waals surface area contributed by atoms with Crippen LogP contribution >= 0.6 is 0 Å². The van der Waals surface area contributed by atoms with E-state index in [1.54, 1.807) is 4.68 Å². The van der Waals surface area contributed by atoms with Crippen molar-refractivity contribution in [1.29, 1.82) is 0 Å². The van der Waals surface area contributed by atoms with Gasteiger partial charge in [0.25, 0.3) is 5.95 Å². The van der Waals surface area contributed by atoms with Crippen molar-refractivity contribution >= 4 is 17.3 Å². The first kappa shape index (κ1) is 23.9. The van der Waals surface area contributed by atoms with Crippen molar-refractivity contribution in [2.24, 2.45) is 0 Å². The van der Waals surface area contributed by atoms with Gasteiger partial charge in [-0.2, -0.15) is 5.10 Å². The average Bonchev–Trinajstić information content (AvgIpc) is 3.08. The molecule has 0 aliphatic carbocycles. The molecule has 0 spiro atoms. The van der Waals surface area contributed by atoms with Gasteiger partial charge in [0.05, 0.1) is 12.1 Å². The third kappa shape index (κ3) is 5.12. The maximum Gasteiger partial charge on any atom is 0.251 e. The molecule has 8 nitrogen and oxygen atoms in total. The number of amides is 1. The molecule has 1 fully saturated rings. The lowest BCUT2D eigenvalue weighted by molar-refractivity contribution is -0.115. The van der Waals surface area contributed by atoms with Gasteiger partial charge in [-0.05, 0) is 71.0 Å². The summed E-state index contributed by atoms with van der Waals surface area (Å²) in [6.07, 6.45) is 0.253. The van der Waals surface area contributed by atoms with Crippen LogP contribution in [0.5, 0.6) is 0 Å². The van der Waals surface area contributed by atoms with Crippen LogP contribution in [0.2, 0.25) is 0 Å². The minimum absolute atomic E-state index is 0.0560. The summed E-state index contributed by atoms with van der Waals surface area (Å²) in [5.41, 5.74) is 7.51. The number of aryl methyl sites for hydroxylation is 4. The maximum absolute atomic E-state index is 13.0. The number of nitrogens with one attached hydrogen (secondary N) is 1. The minimum Gasteiger partial charge on any atom is -0.369 e. The van der Waals surface area contributed by atoms with E-state index in [4.69, 9.17) is 0 Å². The predicted octanol–water partition coefficient (Wildman–Crippen LogP) is 3.53. The highest BCUT2D eigenvalue weighted by Crippen LogP contribution is 2.24. The first-order valence-corrected chi connectivity index (χ1v) is 12.0. The van der Waals surface area contributed by atoms with Crippen molar-refractivity contribution in [3.63, 3.8) is 0 Å². The molecule has 3 aromatic rings. The van der Waals surface area contributed by atoms with Gasteiger partial charge < -0.3 is 15.1 Å². The number of carbonyl (C=O) groups excluding carboxylic acids is 1. The normalized spacial score (nSPS) is 14.5. The molecule has 1 aliphatic heterocycles. The highest BCUT2D eigenvalue weighted by Gasteiger charge is 2.19. The fourth-order valence-electron chi connectivity index (χ4n) is 4.59. The molecule has 1 aromatic carbocycles. The molecular formula is C26H35N7O. The molecule has 0 radical (unpaired) electrons. The zero-order valence-electron chi connectivity index (χ0n) is 21.1. The highest BCUT2D eigenvalue weighted by molar-refractivity contribution is 5.93. The number of aromatic nitrogens is 4. The first-order valence-electron chi connectivity index (χ1n) is 12.0. The molecule has 3 heterocycles. The summed E-state index contributed by atoms with van der Waals surface area (Å²) in [6.45, 7) is 17.4. The van der Waals surface area contributed by atoms with Crippen LogP contribution < -0.4 is 10.2 Å². The Morgan fingerprint density at radius 1 is 0.971 bits per heavy atom. The number of piperazine rings is 1. The molecule has 0 atom stereocenters. The molecule has 0 bridgehead atoms. The van der Waals surface area contributed by atoms with Crippen molar-refractivity contribution < 1.29 is 4.79 Å². The van der Waals surface area contributed by atoms with Crippen LogP contribution in [0.25, 0.3) is 5.95 Å². The Labute approximate surface area is 202 Å². The molecule has 34 heavy (non-hydrogen) atoms. The average molecular weight is 462 g/mol. The number of hydrogen-bond acceptors (Lipinski definition) is 6. The molecule has 180 valence electrons. The van der Waals surface area contributed by atoms with Crippen molar-refractivity contribution in [3.05, 3.63) is 58.2 Å². The number of nitrogens with zero attached hydrogens (tertiary/aromatic N) is 6. The van der Waals surface area contributed by atoms with Crippen LogP contribution in [0.3, 0.4) is 0 Å². The van der Waals surface area contributed by atoms with Crippen LogP contribution in [0.4, 0.5) is 11.4 Å². The molecule has 1 N–H and O–H groups in total. The second kappa shape index (κ2) is 9.93. The molecule has 1 saturated heterocycles. The van der Waals surface area contributed by atoms with Crippen LogP contribution in [-0.4, -0.2) is 63.3 Å². The van der Waals surface area contributed by atoms with E-state index in [-0.39, 0.29) is 12.3 Å². The van der Waals surface area contributed by atoms with E-state index in [2.05, 4.69) is 49.2 Å². The minimum atomic E-state index is -0.0560. The number of anilines is 2. The Kier molecular flexibility index (Phi) is 6.97. The Bertz CT molecular complexity index is 1170. The zero-order valence-corrected chi connectivity index (χ0v) is 21.1. The Morgan fingerprint density at radius 3 is 2.26 bits per heavy atom. The smallest absolute Gasteiger partial charge is 0.251 e. The maximum atomic E-state index is 13.0. The second-order valence-corrected chi connectivity index (χ2v) is 9.16. The van der Waals surface area contributed by atoms with Crippen molar-refractivity contribution in [2.75, 3.05) is 42.9 Å². The summed E-state index contributed by atoms with van der Waals surface area (Å²) in [6, 6.07) is 8.23. The van der Waals surface area contributed by atoms with Gasteiger partial charge >= 0.3 is 0 Å². The Hall–Kier alpha value is -3.26. The zero-order chi connectivity index (χ0) is 24.4. The van der Waals surface area contributed by atoms with Crippen LogP contribution in [-0.2, 0) is 11.2 Å². The quantitative estimate of drug-likeness (QED) is 0.605. The summed E-state index contributed by atoms with van der Waals surface area (Å²) >= 11 is 0. The number of likely N-dealkylation sites (N-methyl/N-ethyl adjacent to an activating group) is 1. The molecule has 4 rings (SSSR count). The van der Waals surface area contributed by atoms with E-state index in [9.17, 15) is 4.79 Å². The van der Waals surface area contributed by atoms with Gasteiger partial charge in [-0.1, -0.05) is 6.92 Å². The summed E-state index contributed by atoms with van der Waals surface area (Å²) < 4.78 is 1.73. The standard InChI is InChI=1S/C26H35N7O/c1-7-31-10-12-32(13-11-31)22-8-9-24(17(2)14-22)29-25(34)16-23-20(5)30-33(21(23)6)26-27-18(3)15-19(4)28-26/h8-9,14-15H,7,10-13,16H2,1-6H3,(H,29,34). The highest BCUT2D eigenvalue weighted by atomic mass is 16.1. The summed E-state index contributed by atoms with van der Waals surface area (Å²) in [4.78, 5) is 26.9. The van der Waals surface area contributed by atoms with Crippen molar-refractivity contribution in [1.82, 2.24) is 24.6 Å². The third-order valence-corrected chi connectivity index (χ3v) is 6.61. The lowest BCUT2D eigenvalue weighted by atomic mass is 10.1. The fraction of sp³-hybridized carbons (Fsp3) is 0.462. The summed E-state index contributed by atoms with van der Waals surface area (Å²) in [7, 11) is 0. The monoisotopic (exact) mass is 461 g/mol. The second-order valence-electron chi connectivity index (χ2n) is 9.16. The van der Waals surface area contributed by atoms with Crippen molar-refractivity contribution in [3.8, 4) is 5.95 Å². The molecular weight excluding hydrogens is 426 g/mol. The van der Waals surface area contributed by atoms with Gasteiger partial charge in [-0.3, -0.25) is 4.79 Å². The first-order chi connectivity index (χ1) is 16.2. The number of hydrogen-bond donors (Lipinski definition) is 1. The van der Waals surface area contributed by atoms with Crippen molar-refractivity contribution in [2.45, 2.75) is 48.0 Å².